The molecule has 3 heteroatoms. The molecular weight excluding hydrogens is 325 g/mol. The first-order valence-electron chi connectivity index (χ1n) is 8.98. The van der Waals surface area contributed by atoms with E-state index in [9.17, 15) is 4.79 Å². The van der Waals surface area contributed by atoms with E-state index in [0.717, 1.165) is 6.42 Å². The Hall–Kier alpha value is -1.66. The third-order valence-electron chi connectivity index (χ3n) is 5.79. The van der Waals surface area contributed by atoms with Gasteiger partial charge in [-0.05, 0) is 27.7 Å². The summed E-state index contributed by atoms with van der Waals surface area (Å²) in [5.74, 6) is 0.427. The zero-order valence-corrected chi connectivity index (χ0v) is 16.7. The van der Waals surface area contributed by atoms with Crippen LogP contribution in [0.2, 0.25) is 0 Å². The zero-order chi connectivity index (χ0) is 18.0. The SMILES string of the molecule is CN(C)c1ccccc1-c1cccc2c1P1C(C)(C)CC(=O)CC21C. The summed E-state index contributed by atoms with van der Waals surface area (Å²) in [7, 11) is 3.85. The fraction of sp³-hybridized carbons (Fsp3) is 0.409. The van der Waals surface area contributed by atoms with Crippen molar-refractivity contribution in [1.82, 2.24) is 0 Å². The van der Waals surface area contributed by atoms with Crippen LogP contribution in [-0.2, 0) is 9.95 Å². The molecule has 25 heavy (non-hydrogen) atoms. The molecule has 2 unspecified atom stereocenters. The molecule has 1 saturated heterocycles. The predicted molar refractivity (Wildman–Crippen MR) is 108 cm³/mol. The van der Waals surface area contributed by atoms with Gasteiger partial charge in [-0.2, -0.15) is 0 Å². The van der Waals surface area contributed by atoms with E-state index in [0.29, 0.717) is 12.2 Å². The van der Waals surface area contributed by atoms with Crippen molar-refractivity contribution < 1.29 is 4.79 Å². The molecule has 0 spiro atoms. The van der Waals surface area contributed by atoms with Crippen LogP contribution in [0.25, 0.3) is 11.1 Å². The molecule has 2 aromatic rings. The van der Waals surface area contributed by atoms with Crippen molar-refractivity contribution in [3.8, 4) is 11.1 Å². The fourth-order valence-electron chi connectivity index (χ4n) is 4.99. The molecule has 0 N–H and O–H groups in total. The molecule has 2 aromatic carbocycles. The van der Waals surface area contributed by atoms with Gasteiger partial charge in [0, 0.05) is 43.3 Å². The first-order valence-corrected chi connectivity index (χ1v) is 10.3. The minimum absolute atomic E-state index is 0.0621. The molecule has 1 fully saturated rings. The van der Waals surface area contributed by atoms with Crippen molar-refractivity contribution in [2.45, 2.75) is 43.9 Å². The highest BCUT2D eigenvalue weighted by Gasteiger charge is 2.59. The van der Waals surface area contributed by atoms with Crippen LogP contribution in [0.15, 0.2) is 42.5 Å². The summed E-state index contributed by atoms with van der Waals surface area (Å²) in [6, 6.07) is 15.4. The second-order valence-electron chi connectivity index (χ2n) is 8.43. The van der Waals surface area contributed by atoms with Gasteiger partial charge < -0.3 is 4.90 Å². The lowest BCUT2D eigenvalue weighted by Gasteiger charge is -2.59. The second-order valence-corrected chi connectivity index (χ2v) is 11.7. The van der Waals surface area contributed by atoms with Crippen LogP contribution in [0, 0.1) is 0 Å². The van der Waals surface area contributed by atoms with Gasteiger partial charge in [0.05, 0.1) is 0 Å². The molecule has 2 nitrogen and oxygen atoms in total. The van der Waals surface area contributed by atoms with Gasteiger partial charge in [-0.15, -0.1) is 0 Å². The maximum Gasteiger partial charge on any atom is 0.135 e. The minimum atomic E-state index is -0.355. The number of hydrogen-bond acceptors (Lipinski definition) is 2. The number of anilines is 1. The summed E-state index contributed by atoms with van der Waals surface area (Å²) in [4.78, 5) is 14.6. The second kappa shape index (κ2) is 5.42. The summed E-state index contributed by atoms with van der Waals surface area (Å²) in [5.41, 5.74) is 5.34. The lowest BCUT2D eigenvalue weighted by atomic mass is 9.86. The van der Waals surface area contributed by atoms with Gasteiger partial charge in [0.2, 0.25) is 0 Å². The Balaban J connectivity index is 1.95. The summed E-state index contributed by atoms with van der Waals surface area (Å²) < 4.78 is 0. The quantitative estimate of drug-likeness (QED) is 0.718. The maximum atomic E-state index is 12.4. The molecule has 0 radical (unpaired) electrons. The summed E-state index contributed by atoms with van der Waals surface area (Å²) >= 11 is 0. The lowest BCUT2D eigenvalue weighted by molar-refractivity contribution is -0.120. The average molecular weight is 351 g/mol. The lowest BCUT2D eigenvalue weighted by Crippen LogP contribution is -2.52. The first kappa shape index (κ1) is 16.8. The topological polar surface area (TPSA) is 20.3 Å². The van der Waals surface area contributed by atoms with Gasteiger partial charge in [-0.3, -0.25) is 4.79 Å². The van der Waals surface area contributed by atoms with Crippen LogP contribution in [0.5, 0.6) is 0 Å². The zero-order valence-electron chi connectivity index (χ0n) is 15.8. The van der Waals surface area contributed by atoms with E-state index in [4.69, 9.17) is 0 Å². The van der Waals surface area contributed by atoms with E-state index < -0.39 is 0 Å². The Morgan fingerprint density at radius 1 is 0.920 bits per heavy atom. The molecule has 0 aromatic heterocycles. The number of carbonyl (C=O) groups is 1. The van der Waals surface area contributed by atoms with Crippen molar-refractivity contribution in [3.63, 3.8) is 0 Å². The van der Waals surface area contributed by atoms with Crippen LogP contribution in [-0.4, -0.2) is 25.0 Å². The van der Waals surface area contributed by atoms with Gasteiger partial charge in [-0.25, -0.2) is 0 Å². The third kappa shape index (κ3) is 2.30. The Labute approximate surface area is 152 Å². The number of nitrogens with zero attached hydrogens (tertiary/aromatic N) is 1. The molecular formula is C22H26NOP. The molecule has 2 heterocycles. The van der Waals surface area contributed by atoms with Crippen LogP contribution in [0.4, 0.5) is 5.69 Å². The van der Waals surface area contributed by atoms with E-state index in [1.54, 1.807) is 0 Å². The maximum absolute atomic E-state index is 12.4. The Morgan fingerprint density at radius 2 is 1.60 bits per heavy atom. The molecule has 4 rings (SSSR count). The van der Waals surface area contributed by atoms with Crippen LogP contribution >= 0.6 is 7.92 Å². The smallest absolute Gasteiger partial charge is 0.135 e. The normalized spacial score (nSPS) is 26.4. The van der Waals surface area contributed by atoms with Crippen molar-refractivity contribution in [1.29, 1.82) is 0 Å². The van der Waals surface area contributed by atoms with Crippen molar-refractivity contribution >= 4 is 24.7 Å². The number of benzene rings is 2. The van der Waals surface area contributed by atoms with E-state index >= 15 is 0 Å². The number of hydrogen-bond donors (Lipinski definition) is 0. The number of carbonyl (C=O) groups excluding carboxylic acids is 1. The third-order valence-corrected chi connectivity index (χ3v) is 9.47. The number of fused-ring (bicyclic) bond motifs is 4. The number of para-hydroxylation sites is 1. The summed E-state index contributed by atoms with van der Waals surface area (Å²) in [6.45, 7) is 6.92. The summed E-state index contributed by atoms with van der Waals surface area (Å²) in [6.07, 6.45) is 1.44. The first-order chi connectivity index (χ1) is 11.8. The van der Waals surface area contributed by atoms with E-state index in [-0.39, 0.29) is 18.2 Å². The molecule has 2 atom stereocenters. The molecule has 0 amide bonds. The largest absolute Gasteiger partial charge is 0.377 e. The highest BCUT2D eigenvalue weighted by Crippen LogP contribution is 2.75. The summed E-state index contributed by atoms with van der Waals surface area (Å²) in [5, 5.41) is 1.68. The molecule has 130 valence electrons. The van der Waals surface area contributed by atoms with Crippen molar-refractivity contribution in [2.24, 2.45) is 0 Å². The monoisotopic (exact) mass is 351 g/mol. The van der Waals surface area contributed by atoms with Crippen LogP contribution in [0.1, 0.15) is 39.2 Å². The fourth-order valence-corrected chi connectivity index (χ4v) is 9.36. The van der Waals surface area contributed by atoms with Gasteiger partial charge in [0.1, 0.15) is 5.78 Å². The van der Waals surface area contributed by atoms with E-state index in [1.807, 2.05) is 0 Å². The van der Waals surface area contributed by atoms with Crippen molar-refractivity contribution in [3.05, 3.63) is 48.0 Å². The predicted octanol–water partition coefficient (Wildman–Crippen LogP) is 4.90. The van der Waals surface area contributed by atoms with Crippen LogP contribution in [0.3, 0.4) is 0 Å². The van der Waals surface area contributed by atoms with E-state index in [1.165, 1.54) is 27.7 Å². The Morgan fingerprint density at radius 3 is 2.32 bits per heavy atom. The van der Waals surface area contributed by atoms with Gasteiger partial charge in [-0.1, -0.05) is 65.1 Å². The van der Waals surface area contributed by atoms with Gasteiger partial charge in [0.15, 0.2) is 0 Å². The molecule has 0 aliphatic carbocycles. The molecule has 0 saturated carbocycles. The molecule has 2 aliphatic rings. The highest BCUT2D eigenvalue weighted by molar-refractivity contribution is 7.71. The van der Waals surface area contributed by atoms with E-state index in [2.05, 4.69) is 82.2 Å². The Bertz CT molecular complexity index is 870. The minimum Gasteiger partial charge on any atom is -0.377 e. The van der Waals surface area contributed by atoms with Crippen molar-refractivity contribution in [2.75, 3.05) is 19.0 Å². The molecule has 2 aliphatic heterocycles. The van der Waals surface area contributed by atoms with Crippen LogP contribution < -0.4 is 10.2 Å². The number of rotatable bonds is 2. The highest BCUT2D eigenvalue weighted by atomic mass is 31.1. The Kier molecular flexibility index (Phi) is 3.64. The standard InChI is InChI=1S/C22H26NOP/c1-21(2)13-15(24)14-22(3)18-11-8-10-17(20(18)25(21)22)16-9-6-7-12-19(16)23(4)5/h6-12H,13-14H2,1-5H3. The number of ketones is 1. The molecule has 0 bridgehead atoms. The van der Waals surface area contributed by atoms with Gasteiger partial charge >= 0.3 is 0 Å². The van der Waals surface area contributed by atoms with Gasteiger partial charge in [0.25, 0.3) is 0 Å². The average Bonchev–Trinajstić information content (AvgIpc) is 2.52. The number of Topliss-reactive ketones (excluding diaryl/α,β-unsaturated/α-hetero) is 1.